The number of nitrogens with one attached hydrogen (secondary N) is 1. The molecule has 2 amide bonds. The Morgan fingerprint density at radius 2 is 2.19 bits per heavy atom. The topological polar surface area (TPSA) is 89.9 Å². The summed E-state index contributed by atoms with van der Waals surface area (Å²) in [6.45, 7) is 2.72. The molecule has 1 rings (SSSR count). The van der Waals surface area contributed by atoms with Crippen LogP contribution < -0.4 is 5.32 Å². The first-order valence-corrected chi connectivity index (χ1v) is 5.38. The number of hydrogen-bond donors (Lipinski definition) is 3. The number of carbonyl (C=O) groups is 2. The van der Waals surface area contributed by atoms with Crippen LogP contribution in [0.25, 0.3) is 0 Å². The van der Waals surface area contributed by atoms with E-state index in [4.69, 9.17) is 5.11 Å². The Morgan fingerprint density at radius 3 is 2.75 bits per heavy atom. The van der Waals surface area contributed by atoms with E-state index in [0.29, 0.717) is 19.5 Å². The van der Waals surface area contributed by atoms with Crippen molar-refractivity contribution in [1.82, 2.24) is 10.2 Å². The van der Waals surface area contributed by atoms with E-state index < -0.39 is 11.6 Å². The van der Waals surface area contributed by atoms with Crippen LogP contribution in [0.1, 0.15) is 26.2 Å². The zero-order chi connectivity index (χ0) is 12.2. The predicted octanol–water partition coefficient (Wildman–Crippen LogP) is 0.0175. The highest BCUT2D eigenvalue weighted by Crippen LogP contribution is 2.19. The van der Waals surface area contributed by atoms with E-state index >= 15 is 0 Å². The molecule has 0 bridgehead atoms. The number of carboxylic acid groups (broad SMARTS) is 1. The average Bonchev–Trinajstić information content (AvgIpc) is 2.15. The molecule has 6 nitrogen and oxygen atoms in total. The number of carbonyl (C=O) groups excluding carboxylic acids is 1. The fourth-order valence-electron chi connectivity index (χ4n) is 1.78. The standard InChI is InChI=1S/C10H18N2O4/c1-10(16)4-2-6-12(7-10)9(15)11-5-3-8(13)14/h16H,2-7H2,1H3,(H,11,15)(H,13,14). The third-order valence-electron chi connectivity index (χ3n) is 2.58. The van der Waals surface area contributed by atoms with Crippen LogP contribution in [0.3, 0.4) is 0 Å². The number of amides is 2. The summed E-state index contributed by atoms with van der Waals surface area (Å²) in [4.78, 5) is 23.4. The SMILES string of the molecule is CC1(O)CCCN(C(=O)NCCC(=O)O)C1. The maximum absolute atomic E-state index is 11.6. The molecule has 1 atom stereocenters. The molecule has 3 N–H and O–H groups in total. The quantitative estimate of drug-likeness (QED) is 0.637. The van der Waals surface area contributed by atoms with Gasteiger partial charge in [-0.15, -0.1) is 0 Å². The van der Waals surface area contributed by atoms with Gasteiger partial charge in [0.1, 0.15) is 0 Å². The molecule has 16 heavy (non-hydrogen) atoms. The molecule has 1 unspecified atom stereocenters. The van der Waals surface area contributed by atoms with E-state index in [0.717, 1.165) is 6.42 Å². The summed E-state index contributed by atoms with van der Waals surface area (Å²) in [5.74, 6) is -0.939. The first-order valence-electron chi connectivity index (χ1n) is 5.38. The number of aliphatic carboxylic acids is 1. The van der Waals surface area contributed by atoms with Gasteiger partial charge in [-0.05, 0) is 19.8 Å². The summed E-state index contributed by atoms with van der Waals surface area (Å²) < 4.78 is 0. The first kappa shape index (κ1) is 12.8. The molecule has 0 saturated carbocycles. The van der Waals surface area contributed by atoms with Crippen molar-refractivity contribution >= 4 is 12.0 Å². The number of urea groups is 1. The van der Waals surface area contributed by atoms with E-state index in [1.165, 1.54) is 4.90 Å². The largest absolute Gasteiger partial charge is 0.481 e. The van der Waals surface area contributed by atoms with Crippen molar-refractivity contribution in [2.75, 3.05) is 19.6 Å². The van der Waals surface area contributed by atoms with Gasteiger partial charge in [0.2, 0.25) is 0 Å². The maximum Gasteiger partial charge on any atom is 0.317 e. The summed E-state index contributed by atoms with van der Waals surface area (Å²) in [5, 5.41) is 20.7. The van der Waals surface area contributed by atoms with Crippen LogP contribution in [-0.2, 0) is 4.79 Å². The average molecular weight is 230 g/mol. The van der Waals surface area contributed by atoms with Gasteiger partial charge >= 0.3 is 12.0 Å². The second kappa shape index (κ2) is 5.16. The molecule has 1 aliphatic heterocycles. The number of β-amino-alcohol motifs (C(OH)–C–C–N with tert-alkyl or cyclic N) is 1. The number of nitrogens with zero attached hydrogens (tertiary/aromatic N) is 1. The summed E-state index contributed by atoms with van der Waals surface area (Å²) in [7, 11) is 0. The Labute approximate surface area is 94.2 Å². The Bertz CT molecular complexity index is 278. The Kier molecular flexibility index (Phi) is 4.12. The monoisotopic (exact) mass is 230 g/mol. The van der Waals surface area contributed by atoms with Crippen LogP contribution in [0.4, 0.5) is 4.79 Å². The molecule has 0 aromatic rings. The number of piperidine rings is 1. The fraction of sp³-hybridized carbons (Fsp3) is 0.800. The van der Waals surface area contributed by atoms with E-state index in [1.807, 2.05) is 0 Å². The lowest BCUT2D eigenvalue weighted by Crippen LogP contribution is -2.52. The van der Waals surface area contributed by atoms with Crippen LogP contribution in [0, 0.1) is 0 Å². The second-order valence-corrected chi connectivity index (χ2v) is 4.40. The van der Waals surface area contributed by atoms with Crippen molar-refractivity contribution in [3.63, 3.8) is 0 Å². The zero-order valence-electron chi connectivity index (χ0n) is 9.40. The zero-order valence-corrected chi connectivity index (χ0v) is 9.40. The molecule has 0 aromatic carbocycles. The van der Waals surface area contributed by atoms with Crippen LogP contribution >= 0.6 is 0 Å². The molecule has 1 saturated heterocycles. The normalized spacial score (nSPS) is 25.2. The summed E-state index contributed by atoms with van der Waals surface area (Å²) in [5.41, 5.74) is -0.831. The number of aliphatic hydroxyl groups is 1. The van der Waals surface area contributed by atoms with Gasteiger partial charge < -0.3 is 20.4 Å². The highest BCUT2D eigenvalue weighted by atomic mass is 16.4. The van der Waals surface area contributed by atoms with Gasteiger partial charge in [0.15, 0.2) is 0 Å². The number of carboxylic acids is 1. The molecule has 1 fully saturated rings. The lowest BCUT2D eigenvalue weighted by molar-refractivity contribution is -0.136. The first-order chi connectivity index (χ1) is 7.41. The molecule has 0 aliphatic carbocycles. The highest BCUT2D eigenvalue weighted by molar-refractivity contribution is 5.75. The number of hydrogen-bond acceptors (Lipinski definition) is 3. The van der Waals surface area contributed by atoms with Crippen molar-refractivity contribution in [3.05, 3.63) is 0 Å². The molecule has 6 heteroatoms. The third-order valence-corrected chi connectivity index (χ3v) is 2.58. The smallest absolute Gasteiger partial charge is 0.317 e. The van der Waals surface area contributed by atoms with Crippen LogP contribution in [0.5, 0.6) is 0 Å². The fourth-order valence-corrected chi connectivity index (χ4v) is 1.78. The minimum atomic E-state index is -0.939. The Morgan fingerprint density at radius 1 is 1.50 bits per heavy atom. The van der Waals surface area contributed by atoms with E-state index in [1.54, 1.807) is 6.92 Å². The highest BCUT2D eigenvalue weighted by Gasteiger charge is 2.30. The molecule has 0 radical (unpaired) electrons. The summed E-state index contributed by atoms with van der Waals surface area (Å²) >= 11 is 0. The summed E-state index contributed by atoms with van der Waals surface area (Å²) in [6, 6.07) is -0.304. The number of likely N-dealkylation sites (tertiary alicyclic amines) is 1. The van der Waals surface area contributed by atoms with Crippen molar-refractivity contribution in [2.24, 2.45) is 0 Å². The van der Waals surface area contributed by atoms with Gasteiger partial charge in [-0.25, -0.2) is 4.79 Å². The van der Waals surface area contributed by atoms with E-state index in [2.05, 4.69) is 5.32 Å². The minimum absolute atomic E-state index is 0.0873. The summed E-state index contributed by atoms with van der Waals surface area (Å²) in [6.07, 6.45) is 1.36. The van der Waals surface area contributed by atoms with Gasteiger partial charge in [0, 0.05) is 13.1 Å². The number of rotatable bonds is 3. The molecule has 0 spiro atoms. The van der Waals surface area contributed by atoms with Gasteiger partial charge in [-0.2, -0.15) is 0 Å². The van der Waals surface area contributed by atoms with Gasteiger partial charge in [-0.3, -0.25) is 4.79 Å². The van der Waals surface area contributed by atoms with Crippen molar-refractivity contribution in [2.45, 2.75) is 31.8 Å². The molecule has 0 aromatic heterocycles. The second-order valence-electron chi connectivity index (χ2n) is 4.40. The molecule has 1 heterocycles. The third kappa shape index (κ3) is 4.06. The van der Waals surface area contributed by atoms with Crippen molar-refractivity contribution in [1.29, 1.82) is 0 Å². The maximum atomic E-state index is 11.6. The van der Waals surface area contributed by atoms with Crippen LogP contribution in [0.2, 0.25) is 0 Å². The van der Waals surface area contributed by atoms with E-state index in [9.17, 15) is 14.7 Å². The lowest BCUT2D eigenvalue weighted by atomic mass is 9.95. The Balaban J connectivity index is 2.33. The molecule has 92 valence electrons. The Hall–Kier alpha value is -1.30. The lowest BCUT2D eigenvalue weighted by Gasteiger charge is -2.36. The van der Waals surface area contributed by atoms with Crippen molar-refractivity contribution < 1.29 is 19.8 Å². The van der Waals surface area contributed by atoms with E-state index in [-0.39, 0.29) is 19.0 Å². The molecular weight excluding hydrogens is 212 g/mol. The minimum Gasteiger partial charge on any atom is -0.481 e. The van der Waals surface area contributed by atoms with Gasteiger partial charge in [-0.1, -0.05) is 0 Å². The van der Waals surface area contributed by atoms with Crippen molar-refractivity contribution in [3.8, 4) is 0 Å². The van der Waals surface area contributed by atoms with Crippen LogP contribution in [-0.4, -0.2) is 52.3 Å². The molecular formula is C10H18N2O4. The van der Waals surface area contributed by atoms with Gasteiger partial charge in [0.05, 0.1) is 18.6 Å². The van der Waals surface area contributed by atoms with Gasteiger partial charge in [0.25, 0.3) is 0 Å². The van der Waals surface area contributed by atoms with Crippen LogP contribution in [0.15, 0.2) is 0 Å². The predicted molar refractivity (Wildman–Crippen MR) is 57.1 cm³/mol. The molecule has 1 aliphatic rings.